The van der Waals surface area contributed by atoms with Crippen LogP contribution in [0.5, 0.6) is 0 Å². The molecule has 6 heteroatoms. The van der Waals surface area contributed by atoms with E-state index in [1.165, 1.54) is 0 Å². The van der Waals surface area contributed by atoms with Gasteiger partial charge in [0.1, 0.15) is 0 Å². The van der Waals surface area contributed by atoms with Crippen molar-refractivity contribution in [2.24, 2.45) is 5.10 Å². The van der Waals surface area contributed by atoms with Crippen molar-refractivity contribution in [1.29, 1.82) is 0 Å². The molecule has 0 spiro atoms. The van der Waals surface area contributed by atoms with Crippen LogP contribution < -0.4 is 10.3 Å². The fraction of sp³-hybridized carbons (Fsp3) is 0.176. The van der Waals surface area contributed by atoms with Crippen molar-refractivity contribution < 1.29 is 5.11 Å². The Labute approximate surface area is 138 Å². The minimum Gasteiger partial charge on any atom is -0.395 e. The van der Waals surface area contributed by atoms with Crippen molar-refractivity contribution in [1.82, 2.24) is 4.98 Å². The van der Waals surface area contributed by atoms with Gasteiger partial charge in [0.15, 0.2) is 0 Å². The molecular formula is C17H18N4OS. The third-order valence-electron chi connectivity index (χ3n) is 3.44. The van der Waals surface area contributed by atoms with Gasteiger partial charge in [-0.05, 0) is 29.8 Å². The number of hydrazone groups is 1. The van der Waals surface area contributed by atoms with Crippen LogP contribution in [0.4, 0.5) is 10.8 Å². The summed E-state index contributed by atoms with van der Waals surface area (Å²) in [6.07, 6.45) is 1.77. The van der Waals surface area contributed by atoms with Crippen molar-refractivity contribution in [3.63, 3.8) is 0 Å². The van der Waals surface area contributed by atoms with Gasteiger partial charge in [-0.1, -0.05) is 35.6 Å². The molecule has 0 saturated heterocycles. The fourth-order valence-corrected chi connectivity index (χ4v) is 2.99. The van der Waals surface area contributed by atoms with Crippen LogP contribution in [-0.4, -0.2) is 36.5 Å². The van der Waals surface area contributed by atoms with E-state index in [0.29, 0.717) is 6.54 Å². The molecule has 1 heterocycles. The number of aliphatic hydroxyl groups excluding tert-OH is 1. The normalized spacial score (nSPS) is 11.2. The second kappa shape index (κ2) is 7.21. The number of aromatic nitrogens is 1. The van der Waals surface area contributed by atoms with E-state index >= 15 is 0 Å². The number of nitrogens with zero attached hydrogens (tertiary/aromatic N) is 3. The average molecular weight is 326 g/mol. The molecule has 1 aromatic heterocycles. The summed E-state index contributed by atoms with van der Waals surface area (Å²) >= 11 is 1.58. The van der Waals surface area contributed by atoms with E-state index < -0.39 is 0 Å². The third kappa shape index (κ3) is 3.85. The van der Waals surface area contributed by atoms with E-state index in [1.54, 1.807) is 17.6 Å². The van der Waals surface area contributed by atoms with Crippen LogP contribution in [-0.2, 0) is 0 Å². The molecule has 0 bridgehead atoms. The molecule has 3 rings (SSSR count). The van der Waals surface area contributed by atoms with Gasteiger partial charge in [-0.3, -0.25) is 5.43 Å². The second-order valence-corrected chi connectivity index (χ2v) is 6.12. The number of nitrogens with one attached hydrogen (secondary N) is 1. The first-order chi connectivity index (χ1) is 11.3. The Morgan fingerprint density at radius 3 is 2.74 bits per heavy atom. The van der Waals surface area contributed by atoms with Crippen molar-refractivity contribution in [2.75, 3.05) is 30.5 Å². The largest absolute Gasteiger partial charge is 0.395 e. The fourth-order valence-electron chi connectivity index (χ4n) is 2.18. The highest BCUT2D eigenvalue weighted by Gasteiger charge is 2.01. The average Bonchev–Trinajstić information content (AvgIpc) is 2.98. The molecule has 0 aliphatic carbocycles. The molecule has 5 nitrogen and oxygen atoms in total. The lowest BCUT2D eigenvalue weighted by Crippen LogP contribution is -2.20. The lowest BCUT2D eigenvalue weighted by molar-refractivity contribution is 0.304. The third-order valence-corrected chi connectivity index (χ3v) is 4.38. The van der Waals surface area contributed by atoms with Gasteiger partial charge in [0.25, 0.3) is 0 Å². The molecule has 0 saturated carbocycles. The SMILES string of the molecule is CN(CCO)c1ccc(/C=N\Nc2nc3ccccc3s2)cc1. The molecule has 0 atom stereocenters. The van der Waals surface area contributed by atoms with Crippen molar-refractivity contribution >= 4 is 38.6 Å². The van der Waals surface area contributed by atoms with Gasteiger partial charge >= 0.3 is 0 Å². The van der Waals surface area contributed by atoms with E-state index in [9.17, 15) is 0 Å². The van der Waals surface area contributed by atoms with Gasteiger partial charge < -0.3 is 10.0 Å². The predicted molar refractivity (Wildman–Crippen MR) is 97.6 cm³/mol. The van der Waals surface area contributed by atoms with Gasteiger partial charge in [-0.25, -0.2) is 4.98 Å². The summed E-state index contributed by atoms with van der Waals surface area (Å²) in [5.41, 5.74) is 6.02. The van der Waals surface area contributed by atoms with E-state index in [1.807, 2.05) is 60.5 Å². The van der Waals surface area contributed by atoms with Gasteiger partial charge in [-0.2, -0.15) is 5.10 Å². The zero-order valence-corrected chi connectivity index (χ0v) is 13.6. The minimum atomic E-state index is 0.145. The number of anilines is 2. The van der Waals surface area contributed by atoms with Gasteiger partial charge in [0, 0.05) is 19.3 Å². The highest BCUT2D eigenvalue weighted by molar-refractivity contribution is 7.22. The number of hydrogen-bond donors (Lipinski definition) is 2. The molecule has 2 aromatic carbocycles. The quantitative estimate of drug-likeness (QED) is 0.539. The lowest BCUT2D eigenvalue weighted by atomic mass is 10.2. The van der Waals surface area contributed by atoms with Crippen molar-refractivity contribution in [2.45, 2.75) is 0 Å². The number of thiazole rings is 1. The number of rotatable bonds is 6. The Kier molecular flexibility index (Phi) is 4.85. The van der Waals surface area contributed by atoms with Crippen LogP contribution in [0.15, 0.2) is 53.6 Å². The molecule has 0 radical (unpaired) electrons. The standard InChI is InChI=1S/C17H18N4OS/c1-21(10-11-22)14-8-6-13(7-9-14)12-18-20-17-19-15-4-2-3-5-16(15)23-17/h2-9,12,22H,10-11H2,1H3,(H,19,20)/b18-12-. The molecular weight excluding hydrogens is 308 g/mol. The van der Waals surface area contributed by atoms with Gasteiger partial charge in [0.05, 0.1) is 23.0 Å². The van der Waals surface area contributed by atoms with Gasteiger partial charge in [0.2, 0.25) is 5.13 Å². The molecule has 2 N–H and O–H groups in total. The van der Waals surface area contributed by atoms with E-state index in [4.69, 9.17) is 5.11 Å². The number of likely N-dealkylation sites (N-methyl/N-ethyl adjacent to an activating group) is 1. The van der Waals surface area contributed by atoms with Crippen LogP contribution in [0.3, 0.4) is 0 Å². The van der Waals surface area contributed by atoms with E-state index in [0.717, 1.165) is 26.6 Å². The minimum absolute atomic E-state index is 0.145. The number of fused-ring (bicyclic) bond motifs is 1. The summed E-state index contributed by atoms with van der Waals surface area (Å²) in [6, 6.07) is 16.0. The first-order valence-corrected chi connectivity index (χ1v) is 8.14. The number of benzene rings is 2. The number of hydrogen-bond acceptors (Lipinski definition) is 6. The molecule has 0 aliphatic heterocycles. The van der Waals surface area contributed by atoms with E-state index in [2.05, 4.69) is 15.5 Å². The maximum absolute atomic E-state index is 8.95. The zero-order valence-electron chi connectivity index (χ0n) is 12.8. The monoisotopic (exact) mass is 326 g/mol. The summed E-state index contributed by atoms with van der Waals surface area (Å²) in [6.45, 7) is 0.762. The highest BCUT2D eigenvalue weighted by atomic mass is 32.1. The summed E-state index contributed by atoms with van der Waals surface area (Å²) in [7, 11) is 1.95. The Hall–Kier alpha value is -2.44. The summed E-state index contributed by atoms with van der Waals surface area (Å²) < 4.78 is 1.14. The highest BCUT2D eigenvalue weighted by Crippen LogP contribution is 2.25. The molecule has 0 aliphatic rings. The van der Waals surface area contributed by atoms with Crippen LogP contribution in [0.2, 0.25) is 0 Å². The molecule has 3 aromatic rings. The molecule has 0 unspecified atom stereocenters. The maximum Gasteiger partial charge on any atom is 0.204 e. The molecule has 23 heavy (non-hydrogen) atoms. The Morgan fingerprint density at radius 2 is 2.00 bits per heavy atom. The Bertz CT molecular complexity index is 765. The van der Waals surface area contributed by atoms with Crippen LogP contribution in [0.1, 0.15) is 5.56 Å². The van der Waals surface area contributed by atoms with Gasteiger partial charge in [-0.15, -0.1) is 0 Å². The summed E-state index contributed by atoms with van der Waals surface area (Å²) in [5.74, 6) is 0. The topological polar surface area (TPSA) is 60.8 Å². The number of aliphatic hydroxyl groups is 1. The number of para-hydroxylation sites is 1. The summed E-state index contributed by atoms with van der Waals surface area (Å²) in [5, 5.41) is 14.0. The molecule has 0 amide bonds. The molecule has 0 fully saturated rings. The predicted octanol–water partition coefficient (Wildman–Crippen LogP) is 3.17. The lowest BCUT2D eigenvalue weighted by Gasteiger charge is -2.17. The first kappa shape index (κ1) is 15.5. The Morgan fingerprint density at radius 1 is 1.22 bits per heavy atom. The first-order valence-electron chi connectivity index (χ1n) is 7.33. The Balaban J connectivity index is 1.63. The second-order valence-electron chi connectivity index (χ2n) is 5.09. The van der Waals surface area contributed by atoms with Crippen LogP contribution >= 0.6 is 11.3 Å². The van der Waals surface area contributed by atoms with Crippen molar-refractivity contribution in [3.8, 4) is 0 Å². The van der Waals surface area contributed by atoms with E-state index in [-0.39, 0.29) is 6.61 Å². The van der Waals surface area contributed by atoms with Crippen LogP contribution in [0, 0.1) is 0 Å². The van der Waals surface area contributed by atoms with Crippen molar-refractivity contribution in [3.05, 3.63) is 54.1 Å². The summed E-state index contributed by atoms with van der Waals surface area (Å²) in [4.78, 5) is 6.47. The zero-order chi connectivity index (χ0) is 16.1. The molecule has 118 valence electrons. The maximum atomic E-state index is 8.95. The van der Waals surface area contributed by atoms with Crippen LogP contribution in [0.25, 0.3) is 10.2 Å². The smallest absolute Gasteiger partial charge is 0.204 e.